The maximum atomic E-state index is 4.82. The number of aromatic nitrogens is 5. The van der Waals surface area contributed by atoms with Crippen LogP contribution in [0, 0.1) is 0 Å². The van der Waals surface area contributed by atoms with Gasteiger partial charge in [-0.15, -0.1) is 0 Å². The summed E-state index contributed by atoms with van der Waals surface area (Å²) < 4.78 is 0. The number of fused-ring (bicyclic) bond motifs is 3. The zero-order chi connectivity index (χ0) is 21.8. The molecule has 0 aliphatic carbocycles. The highest BCUT2D eigenvalue weighted by atomic mass is 14.9. The molecule has 0 spiro atoms. The van der Waals surface area contributed by atoms with Crippen LogP contribution in [0.4, 0.5) is 0 Å². The van der Waals surface area contributed by atoms with E-state index in [1.54, 1.807) is 0 Å². The van der Waals surface area contributed by atoms with Crippen molar-refractivity contribution in [1.82, 2.24) is 24.9 Å². The van der Waals surface area contributed by atoms with Gasteiger partial charge >= 0.3 is 0 Å². The van der Waals surface area contributed by atoms with Crippen molar-refractivity contribution in [2.24, 2.45) is 0 Å². The first-order chi connectivity index (χ1) is 16.3. The first-order valence-electron chi connectivity index (χ1n) is 10.9. The Morgan fingerprint density at radius 3 is 1.82 bits per heavy atom. The van der Waals surface area contributed by atoms with Crippen LogP contribution in [0.15, 0.2) is 97.2 Å². The van der Waals surface area contributed by atoms with Crippen molar-refractivity contribution < 1.29 is 0 Å². The molecule has 5 nitrogen and oxygen atoms in total. The lowest BCUT2D eigenvalue weighted by Crippen LogP contribution is -1.80. The quantitative estimate of drug-likeness (QED) is 0.287. The monoisotopic (exact) mass is 425 g/mol. The van der Waals surface area contributed by atoms with E-state index in [9.17, 15) is 0 Å². The number of nitrogens with one attached hydrogen (secondary N) is 3. The van der Waals surface area contributed by atoms with Gasteiger partial charge in [0.1, 0.15) is 11.6 Å². The molecule has 0 atom stereocenters. The van der Waals surface area contributed by atoms with E-state index in [4.69, 9.17) is 9.97 Å². The third-order valence-corrected chi connectivity index (χ3v) is 6.17. The Morgan fingerprint density at radius 1 is 0.485 bits per heavy atom. The Hall–Kier alpha value is -4.64. The normalized spacial score (nSPS) is 11.6. The van der Waals surface area contributed by atoms with E-state index in [1.807, 2.05) is 18.3 Å². The Kier molecular flexibility index (Phi) is 3.78. The molecule has 7 aromatic rings. The molecule has 0 fully saturated rings. The number of hydrogen-bond donors (Lipinski definition) is 3. The molecule has 0 unspecified atom stereocenters. The van der Waals surface area contributed by atoms with E-state index in [-0.39, 0.29) is 0 Å². The van der Waals surface area contributed by atoms with Gasteiger partial charge in [-0.1, -0.05) is 48.5 Å². The summed E-state index contributed by atoms with van der Waals surface area (Å²) in [7, 11) is 0. The molecular formula is C28H19N5. The second kappa shape index (κ2) is 6.93. The summed E-state index contributed by atoms with van der Waals surface area (Å²) in [5, 5.41) is 1.19. The molecular weight excluding hydrogens is 406 g/mol. The maximum absolute atomic E-state index is 4.82. The third-order valence-electron chi connectivity index (χ3n) is 6.17. The van der Waals surface area contributed by atoms with Crippen LogP contribution in [-0.4, -0.2) is 24.9 Å². The largest absolute Gasteiger partial charge is 0.361 e. The number of H-pyrrole nitrogens is 3. The number of nitrogens with zero attached hydrogens (tertiary/aromatic N) is 2. The van der Waals surface area contributed by atoms with Gasteiger partial charge in [-0.3, -0.25) is 0 Å². The van der Waals surface area contributed by atoms with Gasteiger partial charge in [0.2, 0.25) is 0 Å². The third kappa shape index (κ3) is 3.02. The fourth-order valence-corrected chi connectivity index (χ4v) is 4.45. The van der Waals surface area contributed by atoms with E-state index >= 15 is 0 Å². The van der Waals surface area contributed by atoms with Crippen molar-refractivity contribution in [3.63, 3.8) is 0 Å². The van der Waals surface area contributed by atoms with E-state index < -0.39 is 0 Å². The first kappa shape index (κ1) is 18.0. The first-order valence-corrected chi connectivity index (χ1v) is 10.9. The van der Waals surface area contributed by atoms with Crippen LogP contribution in [0.5, 0.6) is 0 Å². The fourth-order valence-electron chi connectivity index (χ4n) is 4.45. The van der Waals surface area contributed by atoms with Gasteiger partial charge in [0.05, 0.1) is 22.1 Å². The van der Waals surface area contributed by atoms with Crippen LogP contribution < -0.4 is 0 Å². The minimum atomic E-state index is 0.848. The Labute approximate surface area is 189 Å². The lowest BCUT2D eigenvalue weighted by Gasteiger charge is -2.00. The average Bonchev–Trinajstić information content (AvgIpc) is 3.60. The van der Waals surface area contributed by atoms with Crippen molar-refractivity contribution in [2.75, 3.05) is 0 Å². The SMILES string of the molecule is c1ccc(-c2ccc3nc(-c4ccc5nc(-c6ccc7cc[nH]c7c6)[nH]c5c4)[nH]c3c2)cc1. The van der Waals surface area contributed by atoms with E-state index in [2.05, 4.69) is 93.8 Å². The van der Waals surface area contributed by atoms with E-state index in [0.29, 0.717) is 0 Å². The summed E-state index contributed by atoms with van der Waals surface area (Å²) in [5.74, 6) is 1.71. The van der Waals surface area contributed by atoms with Crippen LogP contribution in [0.25, 0.3) is 66.9 Å². The van der Waals surface area contributed by atoms with Crippen LogP contribution in [0.1, 0.15) is 0 Å². The zero-order valence-corrected chi connectivity index (χ0v) is 17.6. The summed E-state index contributed by atoms with van der Waals surface area (Å²) in [4.78, 5) is 19.9. The van der Waals surface area contributed by atoms with Gasteiger partial charge < -0.3 is 15.0 Å². The number of benzene rings is 4. The molecule has 0 saturated heterocycles. The highest BCUT2D eigenvalue weighted by Crippen LogP contribution is 2.29. The molecule has 33 heavy (non-hydrogen) atoms. The maximum Gasteiger partial charge on any atom is 0.138 e. The molecule has 3 N–H and O–H groups in total. The van der Waals surface area contributed by atoms with Crippen LogP contribution in [-0.2, 0) is 0 Å². The van der Waals surface area contributed by atoms with Gasteiger partial charge in [0, 0.05) is 22.8 Å². The standard InChI is InChI=1S/C28H19N5/c1-2-4-17(5-3-1)19-8-10-22-25(14-19)32-28(30-22)21-9-11-23-26(16-21)33-27(31-23)20-7-6-18-12-13-29-24(18)15-20/h1-16,29H,(H,30,32)(H,31,33). The molecule has 3 aromatic heterocycles. The molecule has 3 heterocycles. The van der Waals surface area contributed by atoms with Gasteiger partial charge in [0.25, 0.3) is 0 Å². The predicted molar refractivity (Wildman–Crippen MR) is 134 cm³/mol. The molecule has 7 rings (SSSR count). The minimum absolute atomic E-state index is 0.848. The van der Waals surface area contributed by atoms with Crippen molar-refractivity contribution in [1.29, 1.82) is 0 Å². The minimum Gasteiger partial charge on any atom is -0.361 e. The molecule has 4 aromatic carbocycles. The average molecular weight is 425 g/mol. The number of hydrogen-bond acceptors (Lipinski definition) is 2. The topological polar surface area (TPSA) is 73.2 Å². The summed E-state index contributed by atoms with van der Waals surface area (Å²) in [6, 6.07) is 31.3. The second-order valence-corrected chi connectivity index (χ2v) is 8.28. The molecule has 0 bridgehead atoms. The van der Waals surface area contributed by atoms with Crippen molar-refractivity contribution in [2.45, 2.75) is 0 Å². The highest BCUT2D eigenvalue weighted by molar-refractivity contribution is 5.89. The van der Waals surface area contributed by atoms with Gasteiger partial charge in [-0.2, -0.15) is 0 Å². The lowest BCUT2D eigenvalue weighted by atomic mass is 10.1. The molecule has 0 aliphatic rings. The predicted octanol–water partition coefficient (Wildman–Crippen LogP) is 6.92. The van der Waals surface area contributed by atoms with Gasteiger partial charge in [-0.25, -0.2) is 9.97 Å². The summed E-state index contributed by atoms with van der Waals surface area (Å²) >= 11 is 0. The number of aromatic amines is 3. The molecule has 5 heteroatoms. The Morgan fingerprint density at radius 2 is 1.09 bits per heavy atom. The molecule has 0 amide bonds. The zero-order valence-electron chi connectivity index (χ0n) is 17.6. The Balaban J connectivity index is 1.27. The van der Waals surface area contributed by atoms with Crippen LogP contribution in [0.3, 0.4) is 0 Å². The molecule has 0 saturated carbocycles. The van der Waals surface area contributed by atoms with Crippen molar-refractivity contribution in [3.05, 3.63) is 97.2 Å². The fraction of sp³-hybridized carbons (Fsp3) is 0. The smallest absolute Gasteiger partial charge is 0.138 e. The highest BCUT2D eigenvalue weighted by Gasteiger charge is 2.11. The molecule has 156 valence electrons. The summed E-state index contributed by atoms with van der Waals surface area (Å²) in [5.41, 5.74) is 9.44. The Bertz CT molecular complexity index is 1770. The van der Waals surface area contributed by atoms with E-state index in [1.165, 1.54) is 16.5 Å². The number of imidazole rings is 2. The molecule has 0 aliphatic heterocycles. The lowest BCUT2D eigenvalue weighted by molar-refractivity contribution is 1.33. The van der Waals surface area contributed by atoms with Gasteiger partial charge in [-0.05, 0) is 59.0 Å². The van der Waals surface area contributed by atoms with Crippen molar-refractivity contribution in [3.8, 4) is 33.9 Å². The van der Waals surface area contributed by atoms with E-state index in [0.717, 1.165) is 50.4 Å². The van der Waals surface area contributed by atoms with Crippen LogP contribution in [0.2, 0.25) is 0 Å². The van der Waals surface area contributed by atoms with Gasteiger partial charge in [0.15, 0.2) is 0 Å². The van der Waals surface area contributed by atoms with Crippen molar-refractivity contribution >= 4 is 33.0 Å². The summed E-state index contributed by atoms with van der Waals surface area (Å²) in [6.07, 6.45) is 1.95. The second-order valence-electron chi connectivity index (χ2n) is 8.28. The summed E-state index contributed by atoms with van der Waals surface area (Å²) in [6.45, 7) is 0. The number of rotatable bonds is 3. The van der Waals surface area contributed by atoms with Crippen LogP contribution >= 0.6 is 0 Å². The molecule has 0 radical (unpaired) electrons.